The molecule has 0 saturated heterocycles. The van der Waals surface area contributed by atoms with Crippen LogP contribution in [0.3, 0.4) is 0 Å². The SMILES string of the molecule is CCNc1ncc(F)c(NCc2nccs2)n1. The summed E-state index contributed by atoms with van der Waals surface area (Å²) < 4.78 is 13.4. The van der Waals surface area contributed by atoms with Gasteiger partial charge in [-0.2, -0.15) is 4.98 Å². The molecular weight excluding hydrogens is 241 g/mol. The number of nitrogens with one attached hydrogen (secondary N) is 2. The van der Waals surface area contributed by atoms with Gasteiger partial charge in [-0.25, -0.2) is 14.4 Å². The number of thiazole rings is 1. The summed E-state index contributed by atoms with van der Waals surface area (Å²) in [4.78, 5) is 11.9. The minimum atomic E-state index is -0.469. The number of rotatable bonds is 5. The van der Waals surface area contributed by atoms with Gasteiger partial charge in [0.25, 0.3) is 0 Å². The second-order valence-electron chi connectivity index (χ2n) is 3.20. The normalized spacial score (nSPS) is 10.2. The van der Waals surface area contributed by atoms with Crippen molar-refractivity contribution < 1.29 is 4.39 Å². The minimum absolute atomic E-state index is 0.186. The highest BCUT2D eigenvalue weighted by Gasteiger charge is 2.06. The van der Waals surface area contributed by atoms with Gasteiger partial charge in [-0.15, -0.1) is 11.3 Å². The van der Waals surface area contributed by atoms with Crippen LogP contribution in [0.25, 0.3) is 0 Å². The Labute approximate surface area is 102 Å². The molecule has 0 aliphatic carbocycles. The fraction of sp³-hybridized carbons (Fsp3) is 0.300. The van der Waals surface area contributed by atoms with Gasteiger partial charge in [0, 0.05) is 18.1 Å². The van der Waals surface area contributed by atoms with Crippen molar-refractivity contribution in [1.29, 1.82) is 0 Å². The summed E-state index contributed by atoms with van der Waals surface area (Å²) in [6.45, 7) is 3.07. The highest BCUT2D eigenvalue weighted by molar-refractivity contribution is 7.09. The van der Waals surface area contributed by atoms with Crippen molar-refractivity contribution in [3.05, 3.63) is 28.6 Å². The predicted octanol–water partition coefficient (Wildman–Crippen LogP) is 2.12. The van der Waals surface area contributed by atoms with Crippen molar-refractivity contribution in [2.45, 2.75) is 13.5 Å². The number of nitrogens with zero attached hydrogens (tertiary/aromatic N) is 3. The molecule has 2 heterocycles. The molecule has 7 heteroatoms. The summed E-state index contributed by atoms with van der Waals surface area (Å²) in [5.74, 6) is 0.130. The van der Waals surface area contributed by atoms with E-state index in [2.05, 4.69) is 25.6 Å². The van der Waals surface area contributed by atoms with Crippen LogP contribution in [0, 0.1) is 5.82 Å². The lowest BCUT2D eigenvalue weighted by molar-refractivity contribution is 0.617. The molecule has 0 amide bonds. The molecule has 17 heavy (non-hydrogen) atoms. The Morgan fingerprint density at radius 3 is 2.94 bits per heavy atom. The Morgan fingerprint density at radius 2 is 2.24 bits per heavy atom. The molecule has 0 fully saturated rings. The average Bonchev–Trinajstić information content (AvgIpc) is 2.83. The lowest BCUT2D eigenvalue weighted by Gasteiger charge is -2.07. The van der Waals surface area contributed by atoms with Crippen LogP contribution < -0.4 is 10.6 Å². The Balaban J connectivity index is 2.06. The molecule has 0 bridgehead atoms. The summed E-state index contributed by atoms with van der Waals surface area (Å²) in [5.41, 5.74) is 0. The zero-order chi connectivity index (χ0) is 12.1. The molecule has 0 saturated carbocycles. The minimum Gasteiger partial charge on any atom is -0.361 e. The molecule has 0 unspecified atom stereocenters. The van der Waals surface area contributed by atoms with E-state index in [1.165, 1.54) is 11.3 Å². The Kier molecular flexibility index (Phi) is 3.81. The Bertz CT molecular complexity index is 474. The summed E-state index contributed by atoms with van der Waals surface area (Å²) in [5, 5.41) is 8.58. The zero-order valence-corrected chi connectivity index (χ0v) is 10.1. The molecule has 2 aromatic rings. The summed E-state index contributed by atoms with van der Waals surface area (Å²) in [7, 11) is 0. The van der Waals surface area contributed by atoms with Gasteiger partial charge in [0.05, 0.1) is 12.7 Å². The van der Waals surface area contributed by atoms with Crippen molar-refractivity contribution >= 4 is 23.1 Å². The third-order valence-electron chi connectivity index (χ3n) is 1.97. The molecule has 2 N–H and O–H groups in total. The maximum atomic E-state index is 13.4. The number of hydrogen-bond donors (Lipinski definition) is 2. The monoisotopic (exact) mass is 253 g/mol. The number of anilines is 2. The fourth-order valence-electron chi connectivity index (χ4n) is 1.23. The second-order valence-corrected chi connectivity index (χ2v) is 4.18. The van der Waals surface area contributed by atoms with E-state index in [1.807, 2.05) is 12.3 Å². The highest BCUT2D eigenvalue weighted by atomic mass is 32.1. The lowest BCUT2D eigenvalue weighted by atomic mass is 10.5. The van der Waals surface area contributed by atoms with Crippen LogP contribution >= 0.6 is 11.3 Å². The van der Waals surface area contributed by atoms with E-state index in [0.717, 1.165) is 11.2 Å². The smallest absolute Gasteiger partial charge is 0.224 e. The van der Waals surface area contributed by atoms with Crippen molar-refractivity contribution in [3.8, 4) is 0 Å². The Morgan fingerprint density at radius 1 is 1.35 bits per heavy atom. The maximum absolute atomic E-state index is 13.4. The quantitative estimate of drug-likeness (QED) is 0.854. The van der Waals surface area contributed by atoms with Gasteiger partial charge >= 0.3 is 0 Å². The van der Waals surface area contributed by atoms with Gasteiger partial charge in [-0.1, -0.05) is 0 Å². The van der Waals surface area contributed by atoms with E-state index in [-0.39, 0.29) is 5.82 Å². The first-order chi connectivity index (χ1) is 8.29. The molecule has 2 rings (SSSR count). The maximum Gasteiger partial charge on any atom is 0.224 e. The molecule has 5 nitrogen and oxygen atoms in total. The zero-order valence-electron chi connectivity index (χ0n) is 9.27. The van der Waals surface area contributed by atoms with Crippen LogP contribution in [0.5, 0.6) is 0 Å². The van der Waals surface area contributed by atoms with Crippen molar-refractivity contribution in [1.82, 2.24) is 15.0 Å². The van der Waals surface area contributed by atoms with Crippen LogP contribution in [-0.4, -0.2) is 21.5 Å². The van der Waals surface area contributed by atoms with Crippen molar-refractivity contribution in [2.75, 3.05) is 17.2 Å². The van der Waals surface area contributed by atoms with Gasteiger partial charge in [0.2, 0.25) is 5.95 Å². The number of hydrogen-bond acceptors (Lipinski definition) is 6. The molecule has 0 aliphatic rings. The molecule has 0 aromatic carbocycles. The molecule has 0 spiro atoms. The molecule has 0 radical (unpaired) electrons. The van der Waals surface area contributed by atoms with Crippen molar-refractivity contribution in [2.24, 2.45) is 0 Å². The lowest BCUT2D eigenvalue weighted by Crippen LogP contribution is -2.08. The third kappa shape index (κ3) is 3.10. The van der Waals surface area contributed by atoms with Crippen LogP contribution in [0.2, 0.25) is 0 Å². The van der Waals surface area contributed by atoms with Crippen LogP contribution in [-0.2, 0) is 6.54 Å². The first-order valence-electron chi connectivity index (χ1n) is 5.18. The predicted molar refractivity (Wildman–Crippen MR) is 65.6 cm³/mol. The summed E-state index contributed by atoms with van der Waals surface area (Å²) >= 11 is 1.51. The second kappa shape index (κ2) is 5.53. The van der Waals surface area contributed by atoms with Crippen LogP contribution in [0.1, 0.15) is 11.9 Å². The van der Waals surface area contributed by atoms with Gasteiger partial charge in [0.15, 0.2) is 11.6 Å². The van der Waals surface area contributed by atoms with E-state index in [9.17, 15) is 4.39 Å². The Hall–Kier alpha value is -1.76. The first-order valence-corrected chi connectivity index (χ1v) is 6.06. The fourth-order valence-corrected chi connectivity index (χ4v) is 1.79. The number of aromatic nitrogens is 3. The molecule has 0 aliphatic heterocycles. The van der Waals surface area contributed by atoms with E-state index in [4.69, 9.17) is 0 Å². The van der Waals surface area contributed by atoms with E-state index >= 15 is 0 Å². The van der Waals surface area contributed by atoms with Crippen molar-refractivity contribution in [3.63, 3.8) is 0 Å². The van der Waals surface area contributed by atoms with Crippen LogP contribution in [0.15, 0.2) is 17.8 Å². The average molecular weight is 253 g/mol. The number of halogens is 1. The van der Waals surface area contributed by atoms with Gasteiger partial charge in [-0.05, 0) is 6.92 Å². The topological polar surface area (TPSA) is 62.7 Å². The first kappa shape index (κ1) is 11.7. The van der Waals surface area contributed by atoms with E-state index in [1.54, 1.807) is 6.20 Å². The van der Waals surface area contributed by atoms with Crippen LogP contribution in [0.4, 0.5) is 16.2 Å². The van der Waals surface area contributed by atoms with Gasteiger partial charge in [0.1, 0.15) is 5.01 Å². The summed E-state index contributed by atoms with van der Waals surface area (Å²) in [6, 6.07) is 0. The van der Waals surface area contributed by atoms with Gasteiger partial charge < -0.3 is 10.6 Å². The molecule has 90 valence electrons. The van der Waals surface area contributed by atoms with Gasteiger partial charge in [-0.3, -0.25) is 0 Å². The molecule has 2 aromatic heterocycles. The van der Waals surface area contributed by atoms with E-state index < -0.39 is 5.82 Å². The highest BCUT2D eigenvalue weighted by Crippen LogP contribution is 2.13. The largest absolute Gasteiger partial charge is 0.361 e. The third-order valence-corrected chi connectivity index (χ3v) is 2.75. The standard InChI is InChI=1S/C10H12FN5S/c1-2-12-10-15-5-7(11)9(16-10)14-6-8-13-3-4-17-8/h3-5H,2,6H2,1H3,(H2,12,14,15,16). The molecule has 0 atom stereocenters. The van der Waals surface area contributed by atoms with E-state index in [0.29, 0.717) is 19.0 Å². The summed E-state index contributed by atoms with van der Waals surface area (Å²) in [6.07, 6.45) is 2.86. The molecular formula is C10H12FN5S.